The highest BCUT2D eigenvalue weighted by atomic mass is 16.5. The molecule has 12 heteroatoms. The number of benzene rings is 1. The zero-order chi connectivity index (χ0) is 30.4. The Morgan fingerprint density at radius 1 is 0.927 bits per heavy atom. The summed E-state index contributed by atoms with van der Waals surface area (Å²) in [5, 5.41) is 10.7. The molecule has 2 rings (SSSR count). The Bertz CT molecular complexity index is 1070. The predicted octanol–water partition coefficient (Wildman–Crippen LogP) is 2.30. The molecule has 0 aromatic heterocycles. The lowest BCUT2D eigenvalue weighted by Gasteiger charge is -2.25. The zero-order valence-electron chi connectivity index (χ0n) is 24.1. The van der Waals surface area contributed by atoms with Crippen molar-refractivity contribution in [3.63, 3.8) is 0 Å². The first kappa shape index (κ1) is 33.2. The molecule has 1 aromatic carbocycles. The Hall–Kier alpha value is -3.96. The molecule has 0 spiro atoms. The Morgan fingerprint density at radius 3 is 2.17 bits per heavy atom. The van der Waals surface area contributed by atoms with Crippen molar-refractivity contribution in [1.82, 2.24) is 16.0 Å². The third-order valence-electron chi connectivity index (χ3n) is 6.64. The van der Waals surface area contributed by atoms with E-state index in [1.54, 1.807) is 38.1 Å². The average Bonchev–Trinajstić information content (AvgIpc) is 3.76. The van der Waals surface area contributed by atoms with Gasteiger partial charge in [-0.05, 0) is 62.1 Å². The van der Waals surface area contributed by atoms with Gasteiger partial charge >= 0.3 is 12.0 Å². The van der Waals surface area contributed by atoms with E-state index in [4.69, 9.17) is 10.5 Å². The number of nitrogens with one attached hydrogen (secondary N) is 4. The lowest BCUT2D eigenvalue weighted by Crippen LogP contribution is -2.54. The number of ether oxygens (including phenoxy) is 1. The monoisotopic (exact) mass is 573 g/mol. The average molecular weight is 574 g/mol. The molecular formula is C29H43N5O7. The van der Waals surface area contributed by atoms with Crippen molar-refractivity contribution in [1.29, 1.82) is 0 Å². The van der Waals surface area contributed by atoms with Crippen molar-refractivity contribution in [2.45, 2.75) is 90.8 Å². The van der Waals surface area contributed by atoms with E-state index < -0.39 is 35.9 Å². The van der Waals surface area contributed by atoms with Crippen LogP contribution in [0.3, 0.4) is 0 Å². The molecule has 0 saturated heterocycles. The summed E-state index contributed by atoms with van der Waals surface area (Å²) < 4.78 is 4.96. The molecule has 12 nitrogen and oxygen atoms in total. The number of hydrogen-bond donors (Lipinski definition) is 5. The lowest BCUT2D eigenvalue weighted by atomic mass is 10.0. The second-order valence-corrected chi connectivity index (χ2v) is 10.7. The topological polar surface area (TPSA) is 186 Å². The van der Waals surface area contributed by atoms with Gasteiger partial charge in [-0.3, -0.25) is 24.0 Å². The van der Waals surface area contributed by atoms with Gasteiger partial charge in [0.1, 0.15) is 24.5 Å². The van der Waals surface area contributed by atoms with Crippen LogP contribution in [0.2, 0.25) is 0 Å². The van der Waals surface area contributed by atoms with Gasteiger partial charge in [0, 0.05) is 37.9 Å². The second kappa shape index (κ2) is 17.0. The minimum Gasteiger partial charge on any atom is -0.461 e. The molecule has 6 N–H and O–H groups in total. The highest BCUT2D eigenvalue weighted by Gasteiger charge is 2.30. The van der Waals surface area contributed by atoms with Crippen LogP contribution in [0.1, 0.15) is 77.7 Å². The third-order valence-corrected chi connectivity index (χ3v) is 6.64. The van der Waals surface area contributed by atoms with Gasteiger partial charge in [0.2, 0.25) is 17.7 Å². The van der Waals surface area contributed by atoms with Crippen molar-refractivity contribution in [2.24, 2.45) is 17.6 Å². The third kappa shape index (κ3) is 13.3. The first-order valence-electron chi connectivity index (χ1n) is 14.1. The van der Waals surface area contributed by atoms with E-state index in [-0.39, 0.29) is 49.5 Å². The van der Waals surface area contributed by atoms with Gasteiger partial charge in [-0.1, -0.05) is 26.0 Å². The van der Waals surface area contributed by atoms with Crippen LogP contribution in [0.25, 0.3) is 0 Å². The molecule has 1 fully saturated rings. The maximum atomic E-state index is 13.2. The Kier molecular flexibility index (Phi) is 13.8. The van der Waals surface area contributed by atoms with E-state index in [0.29, 0.717) is 31.4 Å². The molecule has 2 atom stereocenters. The molecule has 1 aliphatic rings. The highest BCUT2D eigenvalue weighted by Crippen LogP contribution is 2.31. The lowest BCUT2D eigenvalue weighted by molar-refractivity contribution is -0.142. The summed E-state index contributed by atoms with van der Waals surface area (Å²) in [5.41, 5.74) is 6.33. The number of Topliss-reactive ketones (excluding diaryl/α,β-unsaturated/α-hetero) is 1. The van der Waals surface area contributed by atoms with Crippen molar-refractivity contribution < 1.29 is 33.5 Å². The SMILES string of the molecule is CC(=O)OCc1ccc(NC(=O)[C@H](CCCNC(N)=O)NC(=O)[C@@H](NC(=O)CCCCC(=O)C2CC2)C(C)C)cc1. The predicted molar refractivity (Wildman–Crippen MR) is 152 cm³/mol. The highest BCUT2D eigenvalue weighted by molar-refractivity contribution is 5.98. The van der Waals surface area contributed by atoms with Gasteiger partial charge in [-0.2, -0.15) is 0 Å². The summed E-state index contributed by atoms with van der Waals surface area (Å²) >= 11 is 0. The van der Waals surface area contributed by atoms with E-state index in [1.165, 1.54) is 6.92 Å². The second-order valence-electron chi connectivity index (χ2n) is 10.7. The van der Waals surface area contributed by atoms with Crippen molar-refractivity contribution in [3.8, 4) is 0 Å². The minimum atomic E-state index is -0.954. The fourth-order valence-corrected chi connectivity index (χ4v) is 4.12. The van der Waals surface area contributed by atoms with E-state index >= 15 is 0 Å². The molecular weight excluding hydrogens is 530 g/mol. The van der Waals surface area contributed by atoms with E-state index in [1.807, 2.05) is 0 Å². The largest absolute Gasteiger partial charge is 0.461 e. The Balaban J connectivity index is 1.96. The van der Waals surface area contributed by atoms with Gasteiger partial charge in [-0.15, -0.1) is 0 Å². The summed E-state index contributed by atoms with van der Waals surface area (Å²) in [4.78, 5) is 72.8. The number of urea groups is 1. The smallest absolute Gasteiger partial charge is 0.312 e. The molecule has 0 radical (unpaired) electrons. The molecule has 0 aliphatic heterocycles. The number of hydrogen-bond acceptors (Lipinski definition) is 7. The van der Waals surface area contributed by atoms with Gasteiger partial charge in [0.15, 0.2) is 0 Å². The standard InChI is InChI=1S/C29H43N5O7/c1-18(2)26(34-25(37)9-5-4-8-24(36)21-12-13-21)28(39)33-23(7-6-16-31-29(30)40)27(38)32-22-14-10-20(11-15-22)17-41-19(3)35/h10-11,14-15,18,21,23,26H,4-9,12-13,16-17H2,1-3H3,(H,32,38)(H,33,39)(H,34,37)(H3,30,31,40)/t23-,26-/m0/s1. The first-order valence-corrected chi connectivity index (χ1v) is 14.1. The van der Waals surface area contributed by atoms with Gasteiger partial charge < -0.3 is 31.7 Å². The number of unbranched alkanes of at least 4 members (excludes halogenated alkanes) is 1. The molecule has 0 unspecified atom stereocenters. The number of primary amides is 1. The van der Waals surface area contributed by atoms with Gasteiger partial charge in [0.05, 0.1) is 0 Å². The van der Waals surface area contributed by atoms with Gasteiger partial charge in [0.25, 0.3) is 0 Å². The van der Waals surface area contributed by atoms with Crippen LogP contribution < -0.4 is 27.0 Å². The van der Waals surface area contributed by atoms with E-state index in [9.17, 15) is 28.8 Å². The maximum Gasteiger partial charge on any atom is 0.312 e. The number of anilines is 1. The van der Waals surface area contributed by atoms with E-state index in [2.05, 4.69) is 21.3 Å². The summed E-state index contributed by atoms with van der Waals surface area (Å²) in [6.45, 7) is 5.23. The Morgan fingerprint density at radius 2 is 1.59 bits per heavy atom. The van der Waals surface area contributed by atoms with E-state index in [0.717, 1.165) is 18.4 Å². The summed E-state index contributed by atoms with van der Waals surface area (Å²) in [5.74, 6) is -1.45. The number of nitrogens with two attached hydrogens (primary N) is 1. The van der Waals surface area contributed by atoms with Crippen molar-refractivity contribution in [3.05, 3.63) is 29.8 Å². The number of carbonyl (C=O) groups excluding carboxylic acids is 6. The number of amides is 5. The fraction of sp³-hybridized carbons (Fsp3) is 0.586. The van der Waals surface area contributed by atoms with Crippen LogP contribution in [0.5, 0.6) is 0 Å². The van der Waals surface area contributed by atoms with Crippen LogP contribution in [0.4, 0.5) is 10.5 Å². The van der Waals surface area contributed by atoms with Crippen molar-refractivity contribution >= 4 is 41.2 Å². The fourth-order valence-electron chi connectivity index (χ4n) is 4.12. The number of rotatable bonds is 18. The molecule has 0 bridgehead atoms. The molecule has 1 saturated carbocycles. The van der Waals surface area contributed by atoms with Crippen LogP contribution >= 0.6 is 0 Å². The normalized spacial score (nSPS) is 14.0. The Labute approximate surface area is 240 Å². The molecule has 1 aromatic rings. The first-order chi connectivity index (χ1) is 19.5. The number of ketones is 1. The minimum absolute atomic E-state index is 0.107. The summed E-state index contributed by atoms with van der Waals surface area (Å²) in [7, 11) is 0. The molecule has 0 heterocycles. The van der Waals surface area contributed by atoms with Crippen LogP contribution in [0, 0.1) is 11.8 Å². The molecule has 5 amide bonds. The number of carbonyl (C=O) groups is 6. The summed E-state index contributed by atoms with van der Waals surface area (Å²) in [6, 6.07) is 4.20. The molecule has 226 valence electrons. The van der Waals surface area contributed by atoms with Crippen LogP contribution in [0.15, 0.2) is 24.3 Å². The quantitative estimate of drug-likeness (QED) is 0.132. The van der Waals surface area contributed by atoms with Gasteiger partial charge in [-0.25, -0.2) is 4.79 Å². The summed E-state index contributed by atoms with van der Waals surface area (Å²) in [6.07, 6.45) is 4.36. The maximum absolute atomic E-state index is 13.2. The molecule has 41 heavy (non-hydrogen) atoms. The van der Waals surface area contributed by atoms with Crippen molar-refractivity contribution in [2.75, 3.05) is 11.9 Å². The molecule has 1 aliphatic carbocycles. The van der Waals surface area contributed by atoms with Crippen LogP contribution in [-0.4, -0.2) is 54.1 Å². The van der Waals surface area contributed by atoms with Crippen LogP contribution in [-0.2, 0) is 35.3 Å². The number of esters is 1. The zero-order valence-corrected chi connectivity index (χ0v) is 24.1.